The third-order valence-electron chi connectivity index (χ3n) is 14.1. The van der Waals surface area contributed by atoms with Crippen molar-refractivity contribution >= 4 is 29.7 Å². The summed E-state index contributed by atoms with van der Waals surface area (Å²) in [5.41, 5.74) is 1.97. The number of halogens is 8. The zero-order valence-corrected chi connectivity index (χ0v) is 43.6. The second-order valence-corrected chi connectivity index (χ2v) is 19.9. The largest absolute Gasteiger partial charge is 0.469 e. The SMILES string of the molecule is CCN1C2CCC1CN(c1ccc(C#Cc3ccc(C[C@H](NC(=O)[C@@H](NC(=O)OC)C(C)(C)C(F)(F)F)[C@@H](O)CNCc4c(F)cc(-c5ccccn5)cc4F)cc3)cn1)C2.COC(=O)C[C@H](C(N)=O)C(C)(C)C(F)(F)F. The number of anilines is 1. The number of aromatic nitrogens is 2. The molecule has 3 amide bonds. The van der Waals surface area contributed by atoms with E-state index in [0.29, 0.717) is 28.9 Å². The number of carbonyl (C=O) groups excluding carboxylic acids is 4. The number of rotatable bonds is 18. The highest BCUT2D eigenvalue weighted by atomic mass is 19.4. The quantitative estimate of drug-likeness (QED) is 0.0381. The summed E-state index contributed by atoms with van der Waals surface area (Å²) in [5.74, 6) is 0.475. The summed E-state index contributed by atoms with van der Waals surface area (Å²) in [7, 11) is 1.97. The number of likely N-dealkylation sites (N-methyl/N-ethyl adjacent to an activating group) is 1. The van der Waals surface area contributed by atoms with Crippen LogP contribution >= 0.6 is 0 Å². The number of alkyl carbamates (subject to hydrolysis) is 1. The van der Waals surface area contributed by atoms with Gasteiger partial charge in [-0.15, -0.1) is 0 Å². The van der Waals surface area contributed by atoms with Crippen molar-refractivity contribution < 1.29 is 68.9 Å². The third-order valence-corrected chi connectivity index (χ3v) is 14.1. The second-order valence-electron chi connectivity index (χ2n) is 19.9. The van der Waals surface area contributed by atoms with Gasteiger partial charge in [0.1, 0.15) is 23.5 Å². The van der Waals surface area contributed by atoms with Gasteiger partial charge in [-0.25, -0.2) is 18.6 Å². The number of nitrogens with zero attached hydrogens (tertiary/aromatic N) is 4. The van der Waals surface area contributed by atoms with Gasteiger partial charge in [0.2, 0.25) is 11.8 Å². The van der Waals surface area contributed by atoms with E-state index in [1.165, 1.54) is 19.0 Å². The van der Waals surface area contributed by atoms with Crippen LogP contribution in [0.4, 0.5) is 45.7 Å². The van der Waals surface area contributed by atoms with Crippen molar-refractivity contribution in [3.05, 3.63) is 113 Å². The lowest BCUT2D eigenvalue weighted by atomic mass is 9.76. The van der Waals surface area contributed by atoms with Gasteiger partial charge in [0, 0.05) is 72.9 Å². The smallest absolute Gasteiger partial charge is 0.407 e. The Kier molecular flexibility index (Phi) is 20.6. The van der Waals surface area contributed by atoms with Gasteiger partial charge in [0.15, 0.2) is 0 Å². The Hall–Kier alpha value is -6.90. The molecule has 2 aromatic carbocycles. The minimum atomic E-state index is -4.94. The fourth-order valence-corrected chi connectivity index (χ4v) is 9.03. The van der Waals surface area contributed by atoms with E-state index in [4.69, 9.17) is 5.73 Å². The molecule has 15 nitrogen and oxygen atoms in total. The number of hydrogen-bond acceptors (Lipinski definition) is 12. The molecule has 0 saturated carbocycles. The minimum Gasteiger partial charge on any atom is -0.469 e. The van der Waals surface area contributed by atoms with Crippen LogP contribution in [0.15, 0.2) is 79.1 Å². The molecule has 2 aliphatic rings. The molecular weight excluding hydrogens is 1020 g/mol. The molecule has 0 spiro atoms. The molecule has 6 atom stereocenters. The topological polar surface area (TPSA) is 201 Å². The fourth-order valence-electron chi connectivity index (χ4n) is 9.03. The van der Waals surface area contributed by atoms with Crippen molar-refractivity contribution in [3.63, 3.8) is 0 Å². The number of piperazine rings is 1. The number of aliphatic hydroxyl groups is 1. The van der Waals surface area contributed by atoms with Crippen LogP contribution in [-0.2, 0) is 36.8 Å². The predicted octanol–water partition coefficient (Wildman–Crippen LogP) is 7.23. The summed E-state index contributed by atoms with van der Waals surface area (Å²) in [5, 5.41) is 18.6. The highest BCUT2D eigenvalue weighted by Crippen LogP contribution is 2.45. The molecule has 6 N–H and O–H groups in total. The Morgan fingerprint density at radius 2 is 1.42 bits per heavy atom. The number of pyridine rings is 2. The van der Waals surface area contributed by atoms with Crippen molar-refractivity contribution in [2.75, 3.05) is 45.3 Å². The van der Waals surface area contributed by atoms with Gasteiger partial charge in [0.25, 0.3) is 0 Å². The van der Waals surface area contributed by atoms with Crippen molar-refractivity contribution in [3.8, 4) is 23.1 Å². The van der Waals surface area contributed by atoms with Crippen LogP contribution < -0.4 is 26.6 Å². The molecule has 2 aliphatic heterocycles. The Bertz CT molecular complexity index is 2680. The number of nitrogens with one attached hydrogen (secondary N) is 3. The van der Waals surface area contributed by atoms with Gasteiger partial charge < -0.3 is 41.2 Å². The number of aliphatic hydroxyl groups excluding tert-OH is 1. The van der Waals surface area contributed by atoms with Crippen LogP contribution in [0, 0.1) is 40.2 Å². The zero-order chi connectivity index (χ0) is 57.0. The molecule has 0 aliphatic carbocycles. The van der Waals surface area contributed by atoms with Gasteiger partial charge >= 0.3 is 24.4 Å². The molecule has 418 valence electrons. The molecule has 4 aromatic rings. The van der Waals surface area contributed by atoms with E-state index >= 15 is 8.78 Å². The van der Waals surface area contributed by atoms with Crippen molar-refractivity contribution in [1.82, 2.24) is 30.8 Å². The van der Waals surface area contributed by atoms with Crippen LogP contribution in [-0.4, -0.2) is 127 Å². The molecule has 2 bridgehead atoms. The number of amides is 3. The van der Waals surface area contributed by atoms with Gasteiger partial charge in [-0.1, -0.05) is 50.8 Å². The van der Waals surface area contributed by atoms with Crippen LogP contribution in [0.5, 0.6) is 0 Å². The third kappa shape index (κ3) is 15.6. The molecule has 2 aromatic heterocycles. The molecule has 2 unspecified atom stereocenters. The summed E-state index contributed by atoms with van der Waals surface area (Å²) in [6.07, 6.45) is -7.44. The van der Waals surface area contributed by atoms with E-state index in [1.54, 1.807) is 48.7 Å². The number of fused-ring (bicyclic) bond motifs is 2. The summed E-state index contributed by atoms with van der Waals surface area (Å²) >= 11 is 0. The summed E-state index contributed by atoms with van der Waals surface area (Å²) in [6.45, 7) is 7.62. The van der Waals surface area contributed by atoms with E-state index in [9.17, 15) is 50.6 Å². The molecule has 2 fully saturated rings. The van der Waals surface area contributed by atoms with E-state index in [2.05, 4.69) is 58.6 Å². The first-order chi connectivity index (χ1) is 36.1. The van der Waals surface area contributed by atoms with E-state index in [0.717, 1.165) is 85.1 Å². The lowest BCUT2D eigenvalue weighted by Gasteiger charge is -2.41. The first kappa shape index (κ1) is 61.0. The first-order valence-electron chi connectivity index (χ1n) is 24.6. The molecular formula is C54H64F8N8O7. The number of primary amides is 1. The average molecular weight is 1090 g/mol. The molecule has 77 heavy (non-hydrogen) atoms. The predicted molar refractivity (Wildman–Crippen MR) is 269 cm³/mol. The summed E-state index contributed by atoms with van der Waals surface area (Å²) in [6, 6.07) is 15.7. The normalized spacial score (nSPS) is 17.3. The van der Waals surface area contributed by atoms with Gasteiger partial charge in [-0.3, -0.25) is 24.3 Å². The molecule has 4 heterocycles. The Morgan fingerprint density at radius 1 is 0.818 bits per heavy atom. The maximum absolute atomic E-state index is 15.1. The maximum Gasteiger partial charge on any atom is 0.407 e. The lowest BCUT2D eigenvalue weighted by Crippen LogP contribution is -2.62. The highest BCUT2D eigenvalue weighted by molar-refractivity contribution is 5.87. The number of nitrogens with two attached hydrogens (primary N) is 1. The van der Waals surface area contributed by atoms with E-state index in [-0.39, 0.29) is 30.6 Å². The van der Waals surface area contributed by atoms with Crippen molar-refractivity contribution in [2.45, 2.75) is 109 Å². The minimum absolute atomic E-state index is 0.0825. The standard InChI is InChI=1S/C45H50F5N7O4.C9H14F3NO3/c1-5-57-32-16-17-33(57)27-56(26-32)40-18-15-30(23-53-40)14-11-28-9-12-29(13-10-28)20-38(54-42(59)41(55-43(60)61-4)44(2,3)45(48,49)50)39(58)25-51-24-34-35(46)21-31(22-36(34)47)37-8-6-7-19-52-37;1-8(2,9(10,11)12)5(7(13)15)4-6(14)16-3/h6-10,12-13,15,18-19,21-23,32-33,38-39,41,51,58H,5,16-17,20,24-27H2,1-4H3,(H,54,59)(H,55,60);5H,4H2,1-3H3,(H2,13,15)/t32?,33?,38-,39-,41+;5-/m01/s1. The number of esters is 1. The van der Waals surface area contributed by atoms with Gasteiger partial charge in [0.05, 0.1) is 55.2 Å². The van der Waals surface area contributed by atoms with Crippen LogP contribution in [0.25, 0.3) is 11.3 Å². The Labute approximate surface area is 441 Å². The monoisotopic (exact) mass is 1090 g/mol. The van der Waals surface area contributed by atoms with E-state index in [1.807, 2.05) is 17.4 Å². The molecule has 2 saturated heterocycles. The van der Waals surface area contributed by atoms with Gasteiger partial charge in [-0.05, 0) is 93.7 Å². The second kappa shape index (κ2) is 26.0. The highest BCUT2D eigenvalue weighted by Gasteiger charge is 2.56. The number of hydrogen-bond donors (Lipinski definition) is 5. The molecule has 6 rings (SSSR count). The van der Waals surface area contributed by atoms with E-state index < -0.39 is 89.2 Å². The first-order valence-corrected chi connectivity index (χ1v) is 24.6. The van der Waals surface area contributed by atoms with Crippen LogP contribution in [0.1, 0.15) is 76.1 Å². The fraction of sp³-hybridized carbons (Fsp3) is 0.481. The number of ether oxygens (including phenoxy) is 2. The molecule has 23 heteroatoms. The average Bonchev–Trinajstić information content (AvgIpc) is 3.63. The Morgan fingerprint density at radius 3 is 1.92 bits per heavy atom. The summed E-state index contributed by atoms with van der Waals surface area (Å²) in [4.78, 5) is 61.3. The summed E-state index contributed by atoms with van der Waals surface area (Å²) < 4.78 is 119. The maximum atomic E-state index is 15.1. The molecule has 0 radical (unpaired) electrons. The van der Waals surface area contributed by atoms with Crippen LogP contribution in [0.2, 0.25) is 0 Å². The number of carbonyl (C=O) groups is 4. The zero-order valence-electron chi connectivity index (χ0n) is 43.6. The Balaban J connectivity index is 0.000000590. The van der Waals surface area contributed by atoms with Crippen molar-refractivity contribution in [2.24, 2.45) is 22.5 Å². The van der Waals surface area contributed by atoms with Crippen molar-refractivity contribution in [1.29, 1.82) is 0 Å². The number of benzene rings is 2. The number of alkyl halides is 6. The van der Waals surface area contributed by atoms with Crippen LogP contribution in [0.3, 0.4) is 0 Å². The van der Waals surface area contributed by atoms with Gasteiger partial charge in [-0.2, -0.15) is 26.3 Å². The lowest BCUT2D eigenvalue weighted by molar-refractivity contribution is -0.229. The number of methoxy groups -OCH3 is 2.